The lowest BCUT2D eigenvalue weighted by Gasteiger charge is -2.09. The van der Waals surface area contributed by atoms with Crippen molar-refractivity contribution >= 4 is 34.8 Å². The van der Waals surface area contributed by atoms with E-state index in [2.05, 4.69) is 33.0 Å². The maximum absolute atomic E-state index is 12.1. The van der Waals surface area contributed by atoms with Crippen molar-refractivity contribution in [1.29, 1.82) is 0 Å². The summed E-state index contributed by atoms with van der Waals surface area (Å²) in [5.41, 5.74) is 2.43. The van der Waals surface area contributed by atoms with Crippen LogP contribution in [0, 0.1) is 34.9 Å². The van der Waals surface area contributed by atoms with Gasteiger partial charge in [-0.15, -0.1) is 6.42 Å². The lowest BCUT2D eigenvalue weighted by molar-refractivity contribution is -0.118. The first-order chi connectivity index (χ1) is 9.63. The van der Waals surface area contributed by atoms with Gasteiger partial charge in [-0.1, -0.05) is 12.8 Å². The highest BCUT2D eigenvalue weighted by molar-refractivity contribution is 7.71. The number of nitrogens with one attached hydrogen (secondary N) is 3. The van der Waals surface area contributed by atoms with Gasteiger partial charge in [0, 0.05) is 5.69 Å². The first-order valence-corrected chi connectivity index (χ1v) is 6.54. The normalized spacial score (nSPS) is 11.2. The zero-order chi connectivity index (χ0) is 14.5. The number of benzene rings is 1. The quantitative estimate of drug-likeness (QED) is 0.599. The molecule has 0 saturated heterocycles. The molecule has 3 N–H and O–H groups in total. The Bertz CT molecular complexity index is 798. The third-order valence-corrected chi connectivity index (χ3v) is 3.03. The van der Waals surface area contributed by atoms with Crippen LogP contribution >= 0.6 is 12.2 Å². The van der Waals surface area contributed by atoms with Gasteiger partial charge in [-0.2, -0.15) is 0 Å². The van der Waals surface area contributed by atoms with Crippen molar-refractivity contribution in [2.45, 2.75) is 13.3 Å². The topological polar surface area (TPSA) is 60.7 Å². The van der Waals surface area contributed by atoms with Crippen molar-refractivity contribution in [3.63, 3.8) is 0 Å². The number of aromatic nitrogens is 2. The van der Waals surface area contributed by atoms with Gasteiger partial charge in [-0.3, -0.25) is 4.79 Å². The standard InChI is InChI=1S/C15H13N3OS/c1-3-5-6-10(4-2)14(19)16-11-7-8-12-13(9-11)18-15(20)17-12/h1,7-10H,4H2,2H3,(H,16,19)(H2,17,18,20). The molecular formula is C15H13N3OS. The molecule has 4 nitrogen and oxygen atoms in total. The van der Waals surface area contributed by atoms with E-state index in [4.69, 9.17) is 18.6 Å². The summed E-state index contributed by atoms with van der Waals surface area (Å²) in [7, 11) is 0. The Morgan fingerprint density at radius 2 is 2.20 bits per heavy atom. The van der Waals surface area contributed by atoms with Crippen LogP contribution in [0.1, 0.15) is 13.3 Å². The molecule has 100 valence electrons. The SMILES string of the molecule is C#CC#CC(CC)C(=O)Nc1ccc2[nH]c(=S)[nH]c2c1. The van der Waals surface area contributed by atoms with Crippen LogP contribution in [-0.4, -0.2) is 15.9 Å². The number of terminal acetylenes is 1. The number of aromatic amines is 2. The highest BCUT2D eigenvalue weighted by atomic mass is 32.1. The lowest BCUT2D eigenvalue weighted by atomic mass is 10.1. The lowest BCUT2D eigenvalue weighted by Crippen LogP contribution is -2.21. The highest BCUT2D eigenvalue weighted by Crippen LogP contribution is 2.17. The van der Waals surface area contributed by atoms with Gasteiger partial charge in [0.15, 0.2) is 4.77 Å². The van der Waals surface area contributed by atoms with Gasteiger partial charge in [0.1, 0.15) is 5.92 Å². The molecule has 5 heteroatoms. The third kappa shape index (κ3) is 3.09. The van der Waals surface area contributed by atoms with E-state index in [-0.39, 0.29) is 5.91 Å². The second-order valence-corrected chi connectivity index (χ2v) is 4.61. The fraction of sp³-hybridized carbons (Fsp3) is 0.200. The molecule has 0 spiro atoms. The Hall–Kier alpha value is -2.50. The number of anilines is 1. The number of rotatable bonds is 3. The van der Waals surface area contributed by atoms with Crippen molar-refractivity contribution < 1.29 is 4.79 Å². The summed E-state index contributed by atoms with van der Waals surface area (Å²) in [6.45, 7) is 1.89. The van der Waals surface area contributed by atoms with E-state index in [1.165, 1.54) is 0 Å². The summed E-state index contributed by atoms with van der Waals surface area (Å²) < 4.78 is 0.551. The van der Waals surface area contributed by atoms with E-state index in [1.54, 1.807) is 6.07 Å². The maximum Gasteiger partial charge on any atom is 0.239 e. The van der Waals surface area contributed by atoms with Gasteiger partial charge >= 0.3 is 0 Å². The van der Waals surface area contributed by atoms with Crippen LogP contribution in [0.3, 0.4) is 0 Å². The van der Waals surface area contributed by atoms with E-state index in [9.17, 15) is 4.79 Å². The van der Waals surface area contributed by atoms with Crippen LogP contribution in [0.2, 0.25) is 0 Å². The molecule has 2 rings (SSSR count). The molecule has 1 aromatic heterocycles. The molecule has 1 amide bonds. The monoisotopic (exact) mass is 283 g/mol. The number of hydrogen-bond donors (Lipinski definition) is 3. The number of fused-ring (bicyclic) bond motifs is 1. The summed E-state index contributed by atoms with van der Waals surface area (Å²) in [6, 6.07) is 5.48. The Labute approximate surface area is 122 Å². The van der Waals surface area contributed by atoms with Crippen LogP contribution in [-0.2, 0) is 4.79 Å². The fourth-order valence-electron chi connectivity index (χ4n) is 1.82. The zero-order valence-corrected chi connectivity index (χ0v) is 11.7. The van der Waals surface area contributed by atoms with Gasteiger partial charge < -0.3 is 15.3 Å². The molecule has 1 heterocycles. The molecule has 0 aliphatic rings. The third-order valence-electron chi connectivity index (χ3n) is 2.83. The largest absolute Gasteiger partial charge is 0.331 e. The minimum absolute atomic E-state index is 0.163. The molecular weight excluding hydrogens is 270 g/mol. The van der Waals surface area contributed by atoms with Gasteiger partial charge in [0.25, 0.3) is 0 Å². The Balaban J connectivity index is 2.20. The van der Waals surface area contributed by atoms with Crippen LogP contribution in [0.15, 0.2) is 18.2 Å². The van der Waals surface area contributed by atoms with E-state index in [0.29, 0.717) is 16.9 Å². The summed E-state index contributed by atoms with van der Waals surface area (Å²) in [6.07, 6.45) is 5.68. The fourth-order valence-corrected chi connectivity index (χ4v) is 2.04. The predicted octanol–water partition coefficient (Wildman–Crippen LogP) is 2.83. The number of carbonyl (C=O) groups excluding carboxylic acids is 1. The maximum atomic E-state index is 12.1. The average Bonchev–Trinajstić information content (AvgIpc) is 2.79. The number of carbonyl (C=O) groups is 1. The Morgan fingerprint density at radius 3 is 2.90 bits per heavy atom. The Kier molecular flexibility index (Phi) is 4.24. The summed E-state index contributed by atoms with van der Waals surface area (Å²) >= 11 is 5.02. The minimum Gasteiger partial charge on any atom is -0.331 e. The van der Waals surface area contributed by atoms with Crippen molar-refractivity contribution in [3.8, 4) is 24.2 Å². The van der Waals surface area contributed by atoms with E-state index in [1.807, 2.05) is 19.1 Å². The molecule has 0 radical (unpaired) electrons. The van der Waals surface area contributed by atoms with E-state index >= 15 is 0 Å². The molecule has 1 aromatic carbocycles. The van der Waals surface area contributed by atoms with Gasteiger partial charge in [-0.25, -0.2) is 0 Å². The van der Waals surface area contributed by atoms with E-state index < -0.39 is 5.92 Å². The summed E-state index contributed by atoms with van der Waals surface area (Å²) in [4.78, 5) is 18.1. The van der Waals surface area contributed by atoms with Gasteiger partial charge in [-0.05, 0) is 48.7 Å². The van der Waals surface area contributed by atoms with E-state index in [0.717, 1.165) is 11.0 Å². The smallest absolute Gasteiger partial charge is 0.239 e. The zero-order valence-electron chi connectivity index (χ0n) is 10.9. The number of H-pyrrole nitrogens is 2. The first kappa shape index (κ1) is 13.9. The number of hydrogen-bond acceptors (Lipinski definition) is 2. The predicted molar refractivity (Wildman–Crippen MR) is 82.5 cm³/mol. The van der Waals surface area contributed by atoms with Crippen molar-refractivity contribution in [2.75, 3.05) is 5.32 Å². The Morgan fingerprint density at radius 1 is 1.45 bits per heavy atom. The molecule has 1 unspecified atom stereocenters. The molecule has 2 aromatic rings. The second kappa shape index (κ2) is 6.10. The van der Waals surface area contributed by atoms with Crippen LogP contribution in [0.5, 0.6) is 0 Å². The molecule has 0 aliphatic heterocycles. The van der Waals surface area contributed by atoms with Crippen molar-refractivity contribution in [3.05, 3.63) is 23.0 Å². The van der Waals surface area contributed by atoms with Gasteiger partial charge in [0.2, 0.25) is 5.91 Å². The first-order valence-electron chi connectivity index (χ1n) is 6.13. The molecule has 20 heavy (non-hydrogen) atoms. The van der Waals surface area contributed by atoms with Crippen LogP contribution < -0.4 is 5.32 Å². The molecule has 0 saturated carbocycles. The number of imidazole rings is 1. The van der Waals surface area contributed by atoms with Crippen LogP contribution in [0.4, 0.5) is 5.69 Å². The average molecular weight is 283 g/mol. The van der Waals surface area contributed by atoms with Gasteiger partial charge in [0.05, 0.1) is 11.0 Å². The van der Waals surface area contributed by atoms with Crippen molar-refractivity contribution in [2.24, 2.45) is 5.92 Å². The molecule has 0 aliphatic carbocycles. The second-order valence-electron chi connectivity index (χ2n) is 4.20. The highest BCUT2D eigenvalue weighted by Gasteiger charge is 2.14. The molecule has 0 fully saturated rings. The number of amides is 1. The minimum atomic E-state index is -0.411. The van der Waals surface area contributed by atoms with Crippen LogP contribution in [0.25, 0.3) is 11.0 Å². The van der Waals surface area contributed by atoms with Crippen molar-refractivity contribution in [1.82, 2.24) is 9.97 Å². The summed E-state index contributed by atoms with van der Waals surface area (Å²) in [5, 5.41) is 2.83. The molecule has 1 atom stereocenters. The summed E-state index contributed by atoms with van der Waals surface area (Å²) in [5.74, 6) is 6.88. The molecule has 0 bridgehead atoms.